The van der Waals surface area contributed by atoms with Crippen LogP contribution in [0.4, 0.5) is 0 Å². The molecule has 1 N–H and O–H groups in total. The molecule has 3 aromatic heterocycles. The van der Waals surface area contributed by atoms with Crippen LogP contribution in [0.1, 0.15) is 34.1 Å². The van der Waals surface area contributed by atoms with E-state index in [1.165, 1.54) is 0 Å². The van der Waals surface area contributed by atoms with Gasteiger partial charge in [-0.15, -0.1) is 5.10 Å². The highest BCUT2D eigenvalue weighted by atomic mass is 16.5. The Bertz CT molecular complexity index is 1220. The predicted octanol–water partition coefficient (Wildman–Crippen LogP) is 3.35. The molecule has 4 aromatic rings. The summed E-state index contributed by atoms with van der Waals surface area (Å²) in [5.74, 6) is 1.27. The summed E-state index contributed by atoms with van der Waals surface area (Å²) in [6.45, 7) is 2.50. The van der Waals surface area contributed by atoms with Crippen molar-refractivity contribution in [3.05, 3.63) is 77.7 Å². The first kappa shape index (κ1) is 17.4. The number of ether oxygens (including phenoxy) is 1. The number of aromatic nitrogens is 4. The molecule has 0 saturated heterocycles. The fraction of sp³-hybridized carbons (Fsp3) is 0.182. The van der Waals surface area contributed by atoms with Crippen LogP contribution in [-0.2, 0) is 0 Å². The lowest BCUT2D eigenvalue weighted by Gasteiger charge is -2.26. The summed E-state index contributed by atoms with van der Waals surface area (Å²) >= 11 is 0. The number of carbonyl (C=O) groups excluding carboxylic acids is 1. The molecule has 1 amide bonds. The van der Waals surface area contributed by atoms with Crippen LogP contribution >= 0.6 is 0 Å². The number of nitrogens with one attached hydrogen (secondary N) is 1. The zero-order valence-electron chi connectivity index (χ0n) is 15.9. The average molecular weight is 385 g/mol. The normalized spacial score (nSPS) is 15.6. The Balaban J connectivity index is 1.42. The van der Waals surface area contributed by atoms with Crippen LogP contribution in [0.3, 0.4) is 0 Å². The van der Waals surface area contributed by atoms with E-state index in [9.17, 15) is 4.79 Å². The largest absolute Gasteiger partial charge is 0.493 e. The molecule has 0 radical (unpaired) electrons. The monoisotopic (exact) mass is 385 g/mol. The Kier molecular flexibility index (Phi) is 4.20. The van der Waals surface area contributed by atoms with E-state index in [0.29, 0.717) is 23.6 Å². The number of hydrogen-bond acceptors (Lipinski definition) is 5. The van der Waals surface area contributed by atoms with Gasteiger partial charge in [0.15, 0.2) is 11.5 Å². The third kappa shape index (κ3) is 3.20. The second-order valence-electron chi connectivity index (χ2n) is 6.99. The molecule has 1 aromatic carbocycles. The Hall–Kier alpha value is -3.74. The number of fused-ring (bicyclic) bond motifs is 2. The van der Waals surface area contributed by atoms with Gasteiger partial charge in [0.2, 0.25) is 0 Å². The number of nitrogens with zero attached hydrogens (tertiary/aromatic N) is 4. The summed E-state index contributed by atoms with van der Waals surface area (Å²) in [7, 11) is 0. The Morgan fingerprint density at radius 3 is 2.97 bits per heavy atom. The zero-order chi connectivity index (χ0) is 19.8. The van der Waals surface area contributed by atoms with Gasteiger partial charge < -0.3 is 10.1 Å². The van der Waals surface area contributed by atoms with E-state index in [4.69, 9.17) is 4.74 Å². The molecule has 0 saturated carbocycles. The first-order valence-electron chi connectivity index (χ1n) is 9.50. The lowest BCUT2D eigenvalue weighted by atomic mass is 10.0. The summed E-state index contributed by atoms with van der Waals surface area (Å²) in [4.78, 5) is 21.7. The van der Waals surface area contributed by atoms with Crippen molar-refractivity contribution in [2.24, 2.45) is 0 Å². The highest BCUT2D eigenvalue weighted by Crippen LogP contribution is 2.31. The Morgan fingerprint density at radius 2 is 2.07 bits per heavy atom. The van der Waals surface area contributed by atoms with Gasteiger partial charge in [0.25, 0.3) is 5.91 Å². The van der Waals surface area contributed by atoms with Crippen LogP contribution in [0.2, 0.25) is 0 Å². The SMILES string of the molecule is Cc1ncccc1-c1nc2ccc(C(=O)N[C@H]3CCOc4ccccc43)cn2n1. The molecule has 7 nitrogen and oxygen atoms in total. The highest BCUT2D eigenvalue weighted by molar-refractivity contribution is 5.94. The molecule has 1 atom stereocenters. The number of carbonyl (C=O) groups is 1. The quantitative estimate of drug-likeness (QED) is 0.585. The molecule has 0 spiro atoms. The maximum Gasteiger partial charge on any atom is 0.253 e. The molecule has 29 heavy (non-hydrogen) atoms. The molecule has 1 aliphatic rings. The highest BCUT2D eigenvalue weighted by Gasteiger charge is 2.23. The number of pyridine rings is 2. The van der Waals surface area contributed by atoms with E-state index in [1.54, 1.807) is 29.0 Å². The molecular weight excluding hydrogens is 366 g/mol. The van der Waals surface area contributed by atoms with Gasteiger partial charge in [0.05, 0.1) is 18.2 Å². The first-order chi connectivity index (χ1) is 14.2. The van der Waals surface area contributed by atoms with Crippen molar-refractivity contribution in [2.45, 2.75) is 19.4 Å². The van der Waals surface area contributed by atoms with Gasteiger partial charge in [0, 0.05) is 35.6 Å². The van der Waals surface area contributed by atoms with Crippen LogP contribution in [0, 0.1) is 6.92 Å². The first-order valence-corrected chi connectivity index (χ1v) is 9.50. The van der Waals surface area contributed by atoms with Crippen molar-refractivity contribution >= 4 is 11.6 Å². The second-order valence-corrected chi connectivity index (χ2v) is 6.99. The van der Waals surface area contributed by atoms with Crippen molar-refractivity contribution in [1.82, 2.24) is 24.9 Å². The summed E-state index contributed by atoms with van der Waals surface area (Å²) in [5.41, 5.74) is 3.95. The fourth-order valence-electron chi connectivity index (χ4n) is 3.59. The molecule has 144 valence electrons. The van der Waals surface area contributed by atoms with Gasteiger partial charge in [-0.25, -0.2) is 9.50 Å². The van der Waals surface area contributed by atoms with E-state index < -0.39 is 0 Å². The predicted molar refractivity (Wildman–Crippen MR) is 108 cm³/mol. The minimum atomic E-state index is -0.150. The molecule has 5 rings (SSSR count). The van der Waals surface area contributed by atoms with Crippen molar-refractivity contribution in [2.75, 3.05) is 6.61 Å². The van der Waals surface area contributed by atoms with Gasteiger partial charge in [-0.3, -0.25) is 9.78 Å². The maximum atomic E-state index is 12.9. The molecule has 1 aliphatic heterocycles. The maximum absolute atomic E-state index is 12.9. The topological polar surface area (TPSA) is 81.4 Å². The summed E-state index contributed by atoms with van der Waals surface area (Å²) in [5, 5.41) is 7.65. The van der Waals surface area contributed by atoms with Crippen molar-refractivity contribution < 1.29 is 9.53 Å². The minimum absolute atomic E-state index is 0.0764. The van der Waals surface area contributed by atoms with Gasteiger partial charge in [-0.1, -0.05) is 18.2 Å². The number of para-hydroxylation sites is 1. The van der Waals surface area contributed by atoms with E-state index in [2.05, 4.69) is 20.4 Å². The van der Waals surface area contributed by atoms with Crippen molar-refractivity contribution in [3.63, 3.8) is 0 Å². The van der Waals surface area contributed by atoms with Gasteiger partial charge in [0.1, 0.15) is 5.75 Å². The van der Waals surface area contributed by atoms with Gasteiger partial charge >= 0.3 is 0 Å². The number of amides is 1. The molecule has 0 bridgehead atoms. The van der Waals surface area contributed by atoms with Crippen molar-refractivity contribution in [1.29, 1.82) is 0 Å². The summed E-state index contributed by atoms with van der Waals surface area (Å²) in [6, 6.07) is 15.1. The standard InChI is InChI=1S/C22H19N5O2/c1-14-16(6-4-11-23-14)21-25-20-9-8-15(13-27(20)26-21)22(28)24-18-10-12-29-19-7-3-2-5-17(18)19/h2-9,11,13,18H,10,12H2,1H3,(H,24,28)/t18-/m0/s1. The average Bonchev–Trinajstić information content (AvgIpc) is 3.17. The fourth-order valence-corrected chi connectivity index (χ4v) is 3.59. The zero-order valence-corrected chi connectivity index (χ0v) is 15.9. The van der Waals surface area contributed by atoms with Crippen LogP contribution in [-0.4, -0.2) is 32.1 Å². The Morgan fingerprint density at radius 1 is 1.17 bits per heavy atom. The molecule has 4 heterocycles. The number of hydrogen-bond donors (Lipinski definition) is 1. The number of rotatable bonds is 3. The molecule has 0 fully saturated rings. The lowest BCUT2D eigenvalue weighted by Crippen LogP contribution is -2.32. The molecule has 0 aliphatic carbocycles. The minimum Gasteiger partial charge on any atom is -0.493 e. The van der Waals surface area contributed by atoms with E-state index >= 15 is 0 Å². The third-order valence-corrected chi connectivity index (χ3v) is 5.10. The number of aryl methyl sites for hydroxylation is 1. The van der Waals surface area contributed by atoms with E-state index in [0.717, 1.165) is 29.0 Å². The second kappa shape index (κ2) is 7.01. The summed E-state index contributed by atoms with van der Waals surface area (Å²) < 4.78 is 7.31. The Labute approximate surface area is 167 Å². The number of benzene rings is 1. The van der Waals surface area contributed by atoms with Crippen LogP contribution in [0.5, 0.6) is 5.75 Å². The summed E-state index contributed by atoms with van der Waals surface area (Å²) in [6.07, 6.45) is 4.18. The van der Waals surface area contributed by atoms with Crippen LogP contribution < -0.4 is 10.1 Å². The van der Waals surface area contributed by atoms with Crippen LogP contribution in [0.15, 0.2) is 60.9 Å². The molecule has 0 unspecified atom stereocenters. The third-order valence-electron chi connectivity index (χ3n) is 5.10. The van der Waals surface area contributed by atoms with Crippen LogP contribution in [0.25, 0.3) is 17.0 Å². The van der Waals surface area contributed by atoms with E-state index in [1.807, 2.05) is 43.3 Å². The molecular formula is C22H19N5O2. The lowest BCUT2D eigenvalue weighted by molar-refractivity contribution is 0.0924. The van der Waals surface area contributed by atoms with Crippen molar-refractivity contribution in [3.8, 4) is 17.1 Å². The van der Waals surface area contributed by atoms with E-state index in [-0.39, 0.29) is 11.9 Å². The molecule has 7 heteroatoms. The smallest absolute Gasteiger partial charge is 0.253 e. The van der Waals surface area contributed by atoms with Gasteiger partial charge in [-0.2, -0.15) is 0 Å². The van der Waals surface area contributed by atoms with Gasteiger partial charge in [-0.05, 0) is 37.3 Å².